The molecule has 27 heavy (non-hydrogen) atoms. The van der Waals surface area contributed by atoms with Gasteiger partial charge < -0.3 is 15.4 Å². The highest BCUT2D eigenvalue weighted by molar-refractivity contribution is 7.17. The van der Waals surface area contributed by atoms with Crippen molar-refractivity contribution in [2.24, 2.45) is 0 Å². The van der Waals surface area contributed by atoms with Crippen molar-refractivity contribution in [2.45, 2.75) is 45.4 Å². The number of thiophene rings is 1. The summed E-state index contributed by atoms with van der Waals surface area (Å²) in [5, 5.41) is 6.20. The van der Waals surface area contributed by atoms with Gasteiger partial charge >= 0.3 is 5.97 Å². The van der Waals surface area contributed by atoms with Crippen molar-refractivity contribution in [3.63, 3.8) is 0 Å². The Morgan fingerprint density at radius 3 is 2.52 bits per heavy atom. The lowest BCUT2D eigenvalue weighted by atomic mass is 10.1. The molecule has 2 rings (SSSR count). The lowest BCUT2D eigenvalue weighted by Gasteiger charge is -2.16. The predicted octanol–water partition coefficient (Wildman–Crippen LogP) is 2.20. The van der Waals surface area contributed by atoms with Crippen LogP contribution in [0, 0.1) is 0 Å². The molecule has 0 aromatic carbocycles. The Morgan fingerprint density at radius 1 is 1.11 bits per heavy atom. The monoisotopic (exact) mass is 395 g/mol. The lowest BCUT2D eigenvalue weighted by molar-refractivity contribution is -0.122. The van der Waals surface area contributed by atoms with E-state index in [1.54, 1.807) is 11.9 Å². The van der Waals surface area contributed by atoms with Gasteiger partial charge in [0.15, 0.2) is 0 Å². The number of nitrogens with zero attached hydrogens (tertiary/aromatic N) is 1. The van der Waals surface area contributed by atoms with Gasteiger partial charge in [-0.1, -0.05) is 13.3 Å². The van der Waals surface area contributed by atoms with E-state index < -0.39 is 5.97 Å². The zero-order valence-corrected chi connectivity index (χ0v) is 17.2. The smallest absolute Gasteiger partial charge is 0.341 e. The van der Waals surface area contributed by atoms with Gasteiger partial charge in [-0.2, -0.15) is 0 Å². The molecule has 0 unspecified atom stereocenters. The van der Waals surface area contributed by atoms with E-state index in [0.29, 0.717) is 17.1 Å². The molecule has 1 aromatic heterocycles. The first-order chi connectivity index (χ1) is 13.0. The highest BCUT2D eigenvalue weighted by Crippen LogP contribution is 2.37. The standard InChI is InChI=1S/C19H29N3O4S/c1-4-10-20-15(23)11-22(2)12-16(24)21-18-17(19(25)26-3)13-8-6-5-7-9-14(13)27-18/h4-12H2,1-3H3,(H,20,23)(H,21,24). The molecule has 0 spiro atoms. The number of anilines is 1. The van der Waals surface area contributed by atoms with Gasteiger partial charge in [-0.05, 0) is 44.7 Å². The number of fused-ring (bicyclic) bond motifs is 1. The number of amides is 2. The van der Waals surface area contributed by atoms with Crippen LogP contribution < -0.4 is 10.6 Å². The minimum absolute atomic E-state index is 0.0721. The van der Waals surface area contributed by atoms with E-state index in [1.165, 1.54) is 18.4 Å². The van der Waals surface area contributed by atoms with Gasteiger partial charge in [-0.3, -0.25) is 14.5 Å². The van der Waals surface area contributed by atoms with Gasteiger partial charge in [0.25, 0.3) is 0 Å². The van der Waals surface area contributed by atoms with Crippen LogP contribution in [0.1, 0.15) is 53.4 Å². The van der Waals surface area contributed by atoms with Crippen molar-refractivity contribution in [2.75, 3.05) is 39.1 Å². The van der Waals surface area contributed by atoms with Gasteiger partial charge in [0.1, 0.15) is 5.00 Å². The zero-order valence-electron chi connectivity index (χ0n) is 16.4. The summed E-state index contributed by atoms with van der Waals surface area (Å²) in [4.78, 5) is 39.3. The van der Waals surface area contributed by atoms with Crippen molar-refractivity contribution >= 4 is 34.1 Å². The molecule has 7 nitrogen and oxygen atoms in total. The number of hydrogen-bond donors (Lipinski definition) is 2. The Bertz CT molecular complexity index is 687. The number of rotatable bonds is 8. The predicted molar refractivity (Wildman–Crippen MR) is 106 cm³/mol. The molecule has 150 valence electrons. The van der Waals surface area contributed by atoms with Crippen molar-refractivity contribution in [3.05, 3.63) is 16.0 Å². The molecule has 2 amide bonds. The number of hydrogen-bond acceptors (Lipinski definition) is 6. The van der Waals surface area contributed by atoms with Crippen molar-refractivity contribution < 1.29 is 19.1 Å². The summed E-state index contributed by atoms with van der Waals surface area (Å²) in [5.41, 5.74) is 1.52. The second-order valence-electron chi connectivity index (χ2n) is 6.83. The number of aryl methyl sites for hydroxylation is 1. The molecule has 1 aromatic rings. The number of methoxy groups -OCH3 is 1. The lowest BCUT2D eigenvalue weighted by Crippen LogP contribution is -2.39. The number of nitrogens with one attached hydrogen (secondary N) is 2. The normalized spacial score (nSPS) is 13.6. The van der Waals surface area contributed by atoms with E-state index in [2.05, 4.69) is 10.6 Å². The van der Waals surface area contributed by atoms with Gasteiger partial charge in [-0.15, -0.1) is 11.3 Å². The first-order valence-corrected chi connectivity index (χ1v) is 10.3. The molecular formula is C19H29N3O4S. The van der Waals surface area contributed by atoms with Crippen LogP contribution in [0.5, 0.6) is 0 Å². The van der Waals surface area contributed by atoms with E-state index in [0.717, 1.165) is 49.0 Å². The van der Waals surface area contributed by atoms with E-state index in [9.17, 15) is 14.4 Å². The van der Waals surface area contributed by atoms with Crippen LogP contribution in [-0.2, 0) is 27.2 Å². The summed E-state index contributed by atoms with van der Waals surface area (Å²) in [6, 6.07) is 0. The highest BCUT2D eigenvalue weighted by Gasteiger charge is 2.26. The van der Waals surface area contributed by atoms with E-state index in [1.807, 2.05) is 6.92 Å². The molecule has 8 heteroatoms. The molecule has 0 fully saturated rings. The van der Waals surface area contributed by atoms with Crippen LogP contribution in [0.25, 0.3) is 0 Å². The maximum atomic E-state index is 12.4. The highest BCUT2D eigenvalue weighted by atomic mass is 32.1. The maximum absolute atomic E-state index is 12.4. The van der Waals surface area contributed by atoms with Crippen molar-refractivity contribution in [1.29, 1.82) is 0 Å². The van der Waals surface area contributed by atoms with Crippen LogP contribution >= 0.6 is 11.3 Å². The number of esters is 1. The van der Waals surface area contributed by atoms with Gasteiger partial charge in [-0.25, -0.2) is 4.79 Å². The molecule has 0 atom stereocenters. The largest absolute Gasteiger partial charge is 0.465 e. The van der Waals surface area contributed by atoms with Crippen LogP contribution in [0.15, 0.2) is 0 Å². The Labute approximate surface area is 164 Å². The fourth-order valence-corrected chi connectivity index (χ4v) is 4.47. The molecule has 2 N–H and O–H groups in total. The van der Waals surface area contributed by atoms with Crippen LogP contribution in [-0.4, -0.2) is 56.5 Å². The summed E-state index contributed by atoms with van der Waals surface area (Å²) in [6.07, 6.45) is 5.92. The van der Waals surface area contributed by atoms with Crippen LogP contribution in [0.2, 0.25) is 0 Å². The van der Waals surface area contributed by atoms with E-state index >= 15 is 0 Å². The number of carbonyl (C=O) groups is 3. The molecular weight excluding hydrogens is 366 g/mol. The summed E-state index contributed by atoms with van der Waals surface area (Å²) >= 11 is 1.47. The average Bonchev–Trinajstić information content (AvgIpc) is 2.79. The molecule has 0 saturated heterocycles. The third-order valence-electron chi connectivity index (χ3n) is 4.46. The van der Waals surface area contributed by atoms with Crippen molar-refractivity contribution in [1.82, 2.24) is 10.2 Å². The molecule has 1 aliphatic rings. The SMILES string of the molecule is CCCNC(=O)CN(C)CC(=O)Nc1sc2c(c1C(=O)OC)CCCCC2. The fraction of sp³-hybridized carbons (Fsp3) is 0.632. The Morgan fingerprint density at radius 2 is 1.81 bits per heavy atom. The second kappa shape index (κ2) is 10.4. The topological polar surface area (TPSA) is 87.7 Å². The van der Waals surface area contributed by atoms with Gasteiger partial charge in [0.05, 0.1) is 25.8 Å². The minimum Gasteiger partial charge on any atom is -0.465 e. The minimum atomic E-state index is -0.406. The number of ether oxygens (including phenoxy) is 1. The van der Waals surface area contributed by atoms with Crippen LogP contribution in [0.4, 0.5) is 5.00 Å². The van der Waals surface area contributed by atoms with Gasteiger partial charge in [0.2, 0.25) is 11.8 Å². The molecule has 1 heterocycles. The average molecular weight is 396 g/mol. The summed E-state index contributed by atoms with van der Waals surface area (Å²) in [5.74, 6) is -0.760. The maximum Gasteiger partial charge on any atom is 0.341 e. The van der Waals surface area contributed by atoms with Gasteiger partial charge in [0, 0.05) is 11.4 Å². The van der Waals surface area contributed by atoms with E-state index in [4.69, 9.17) is 4.74 Å². The molecule has 0 saturated carbocycles. The first-order valence-electron chi connectivity index (χ1n) is 9.44. The molecule has 0 radical (unpaired) electrons. The number of likely N-dealkylation sites (N-methyl/N-ethyl adjacent to an activating group) is 1. The fourth-order valence-electron chi connectivity index (χ4n) is 3.18. The molecule has 0 aliphatic heterocycles. The Balaban J connectivity index is 2.04. The number of carbonyl (C=O) groups excluding carboxylic acids is 3. The van der Waals surface area contributed by atoms with Crippen LogP contribution in [0.3, 0.4) is 0 Å². The van der Waals surface area contributed by atoms with Crippen molar-refractivity contribution in [3.8, 4) is 0 Å². The second-order valence-corrected chi connectivity index (χ2v) is 7.94. The zero-order chi connectivity index (χ0) is 19.8. The first kappa shape index (κ1) is 21.4. The third kappa shape index (κ3) is 6.04. The van der Waals surface area contributed by atoms with E-state index in [-0.39, 0.29) is 24.9 Å². The Hall–Kier alpha value is -1.93. The summed E-state index contributed by atoms with van der Waals surface area (Å²) in [7, 11) is 3.08. The quantitative estimate of drug-likeness (QED) is 0.520. The molecule has 1 aliphatic carbocycles. The molecule has 0 bridgehead atoms. The Kier molecular flexibility index (Phi) is 8.24. The summed E-state index contributed by atoms with van der Waals surface area (Å²) < 4.78 is 4.95. The third-order valence-corrected chi connectivity index (χ3v) is 5.67. The summed E-state index contributed by atoms with van der Waals surface area (Å²) in [6.45, 7) is 2.84.